The number of rotatable bonds is 3. The Kier molecular flexibility index (Phi) is 3.90. The first-order valence-electron chi connectivity index (χ1n) is 5.74. The predicted molar refractivity (Wildman–Crippen MR) is 72.3 cm³/mol. The van der Waals surface area contributed by atoms with Crippen molar-refractivity contribution in [3.63, 3.8) is 0 Å². The van der Waals surface area contributed by atoms with Crippen LogP contribution in [0.1, 0.15) is 31.2 Å². The Labute approximate surface area is 114 Å². The molecule has 1 aliphatic heterocycles. The highest BCUT2D eigenvalue weighted by Gasteiger charge is 2.38. The number of aliphatic carboxylic acids is 1. The van der Waals surface area contributed by atoms with E-state index in [1.807, 2.05) is 13.0 Å². The van der Waals surface area contributed by atoms with Crippen LogP contribution < -0.4 is 0 Å². The van der Waals surface area contributed by atoms with Crippen molar-refractivity contribution in [2.45, 2.75) is 32.4 Å². The number of nitrogens with zero attached hydrogens (tertiary/aromatic N) is 1. The van der Waals surface area contributed by atoms with E-state index in [9.17, 15) is 4.79 Å². The molecule has 3 unspecified atom stereocenters. The smallest absolute Gasteiger partial charge is 0.308 e. The van der Waals surface area contributed by atoms with Crippen molar-refractivity contribution in [1.82, 2.24) is 4.90 Å². The lowest BCUT2D eigenvalue weighted by Gasteiger charge is -2.28. The molecule has 0 aromatic carbocycles. The van der Waals surface area contributed by atoms with Gasteiger partial charge in [-0.2, -0.15) is 0 Å². The molecule has 0 bridgehead atoms. The SMILES string of the molecule is CC(c1ccc(Br)s1)N1CCC(C(=O)O)C1C. The topological polar surface area (TPSA) is 40.5 Å². The van der Waals surface area contributed by atoms with Crippen LogP contribution >= 0.6 is 27.3 Å². The third-order valence-electron chi connectivity index (χ3n) is 3.62. The van der Waals surface area contributed by atoms with Crippen LogP contribution in [0, 0.1) is 5.92 Å². The maximum absolute atomic E-state index is 11.1. The molecule has 2 heterocycles. The van der Waals surface area contributed by atoms with Crippen molar-refractivity contribution < 1.29 is 9.90 Å². The highest BCUT2D eigenvalue weighted by molar-refractivity contribution is 9.11. The molecule has 1 fully saturated rings. The number of carbonyl (C=O) groups is 1. The van der Waals surface area contributed by atoms with Crippen molar-refractivity contribution >= 4 is 33.2 Å². The summed E-state index contributed by atoms with van der Waals surface area (Å²) in [6.07, 6.45) is 0.757. The molecule has 1 saturated heterocycles. The standard InChI is InChI=1S/C12H16BrNO2S/c1-7-9(12(15)16)5-6-14(7)8(2)10-3-4-11(13)17-10/h3-4,7-9H,5-6H2,1-2H3,(H,15,16). The van der Waals surface area contributed by atoms with Gasteiger partial charge in [-0.1, -0.05) is 0 Å². The Balaban J connectivity index is 2.11. The molecule has 3 nitrogen and oxygen atoms in total. The summed E-state index contributed by atoms with van der Waals surface area (Å²) in [7, 11) is 0. The summed E-state index contributed by atoms with van der Waals surface area (Å²) in [5, 5.41) is 9.13. The van der Waals surface area contributed by atoms with Gasteiger partial charge in [-0.15, -0.1) is 11.3 Å². The van der Waals surface area contributed by atoms with E-state index in [-0.39, 0.29) is 12.0 Å². The predicted octanol–water partition coefficient (Wildman–Crippen LogP) is 3.37. The second-order valence-electron chi connectivity index (χ2n) is 4.53. The van der Waals surface area contributed by atoms with Gasteiger partial charge in [0.2, 0.25) is 0 Å². The van der Waals surface area contributed by atoms with Crippen molar-refractivity contribution in [2.24, 2.45) is 5.92 Å². The molecular formula is C12H16BrNO2S. The first-order chi connectivity index (χ1) is 8.00. The normalized spacial score (nSPS) is 27.2. The molecule has 1 aromatic heterocycles. The van der Waals surface area contributed by atoms with Crippen molar-refractivity contribution in [3.8, 4) is 0 Å². The van der Waals surface area contributed by atoms with Gasteiger partial charge in [0.25, 0.3) is 0 Å². The van der Waals surface area contributed by atoms with E-state index in [1.165, 1.54) is 4.88 Å². The minimum atomic E-state index is -0.667. The average Bonchev–Trinajstić information content (AvgIpc) is 2.83. The third-order valence-corrected chi connectivity index (χ3v) is 5.42. The average molecular weight is 318 g/mol. The summed E-state index contributed by atoms with van der Waals surface area (Å²) in [6, 6.07) is 4.57. The van der Waals surface area contributed by atoms with Crippen LogP contribution in [0.15, 0.2) is 15.9 Å². The van der Waals surface area contributed by atoms with Gasteiger partial charge in [0, 0.05) is 17.0 Å². The summed E-state index contributed by atoms with van der Waals surface area (Å²) < 4.78 is 1.13. The van der Waals surface area contributed by atoms with Crippen LogP contribution in [0.5, 0.6) is 0 Å². The van der Waals surface area contributed by atoms with E-state index in [0.29, 0.717) is 6.04 Å². The molecule has 5 heteroatoms. The number of likely N-dealkylation sites (tertiary alicyclic amines) is 1. The number of carboxylic acids is 1. The molecule has 1 aromatic rings. The molecular weight excluding hydrogens is 302 g/mol. The van der Waals surface area contributed by atoms with Crippen molar-refractivity contribution in [1.29, 1.82) is 0 Å². The Bertz CT molecular complexity index is 420. The molecule has 1 aliphatic rings. The monoisotopic (exact) mass is 317 g/mol. The van der Waals surface area contributed by atoms with Crippen LogP contribution in [0.3, 0.4) is 0 Å². The molecule has 2 rings (SSSR count). The molecule has 0 amide bonds. The summed E-state index contributed by atoms with van der Waals surface area (Å²) in [5.74, 6) is -0.889. The molecule has 94 valence electrons. The molecule has 0 saturated carbocycles. The van der Waals surface area contributed by atoms with Gasteiger partial charge in [-0.25, -0.2) is 0 Å². The highest BCUT2D eigenvalue weighted by atomic mass is 79.9. The van der Waals surface area contributed by atoms with Crippen LogP contribution in [-0.2, 0) is 4.79 Å². The van der Waals surface area contributed by atoms with Gasteiger partial charge in [0.15, 0.2) is 0 Å². The van der Waals surface area contributed by atoms with E-state index < -0.39 is 5.97 Å². The Morgan fingerprint density at radius 1 is 1.65 bits per heavy atom. The maximum Gasteiger partial charge on any atom is 0.308 e. The summed E-state index contributed by atoms with van der Waals surface area (Å²) in [4.78, 5) is 14.7. The lowest BCUT2D eigenvalue weighted by Crippen LogP contribution is -2.34. The summed E-state index contributed by atoms with van der Waals surface area (Å²) >= 11 is 5.19. The van der Waals surface area contributed by atoms with E-state index in [4.69, 9.17) is 5.11 Å². The van der Waals surface area contributed by atoms with Gasteiger partial charge < -0.3 is 5.11 Å². The maximum atomic E-state index is 11.1. The van der Waals surface area contributed by atoms with E-state index in [1.54, 1.807) is 11.3 Å². The lowest BCUT2D eigenvalue weighted by atomic mass is 10.0. The second kappa shape index (κ2) is 5.08. The number of halogens is 1. The van der Waals surface area contributed by atoms with E-state index in [2.05, 4.69) is 33.8 Å². The van der Waals surface area contributed by atoms with E-state index >= 15 is 0 Å². The Morgan fingerprint density at radius 2 is 2.35 bits per heavy atom. The van der Waals surface area contributed by atoms with Crippen LogP contribution in [0.4, 0.5) is 0 Å². The zero-order valence-corrected chi connectivity index (χ0v) is 12.3. The number of carboxylic acid groups (broad SMARTS) is 1. The fourth-order valence-corrected chi connectivity index (χ4v) is 4.05. The zero-order valence-electron chi connectivity index (χ0n) is 9.89. The molecule has 0 radical (unpaired) electrons. The number of hydrogen-bond acceptors (Lipinski definition) is 3. The highest BCUT2D eigenvalue weighted by Crippen LogP contribution is 2.36. The van der Waals surface area contributed by atoms with Crippen LogP contribution in [0.2, 0.25) is 0 Å². The van der Waals surface area contributed by atoms with Gasteiger partial charge in [-0.05, 0) is 54.9 Å². The second-order valence-corrected chi connectivity index (χ2v) is 7.02. The van der Waals surface area contributed by atoms with Crippen molar-refractivity contribution in [2.75, 3.05) is 6.54 Å². The molecule has 1 N–H and O–H groups in total. The summed E-state index contributed by atoms with van der Waals surface area (Å²) in [6.45, 7) is 5.04. The van der Waals surface area contributed by atoms with Crippen molar-refractivity contribution in [3.05, 3.63) is 20.8 Å². The third kappa shape index (κ3) is 2.56. The van der Waals surface area contributed by atoms with Crippen LogP contribution in [-0.4, -0.2) is 28.6 Å². The van der Waals surface area contributed by atoms with Gasteiger partial charge in [0.1, 0.15) is 0 Å². The summed E-state index contributed by atoms with van der Waals surface area (Å²) in [5.41, 5.74) is 0. The lowest BCUT2D eigenvalue weighted by molar-refractivity contribution is -0.142. The fraction of sp³-hybridized carbons (Fsp3) is 0.583. The molecule has 3 atom stereocenters. The largest absolute Gasteiger partial charge is 0.481 e. The van der Waals surface area contributed by atoms with Crippen LogP contribution in [0.25, 0.3) is 0 Å². The minimum absolute atomic E-state index is 0.114. The van der Waals surface area contributed by atoms with E-state index in [0.717, 1.165) is 16.8 Å². The number of thiophene rings is 1. The molecule has 0 spiro atoms. The first kappa shape index (κ1) is 13.1. The first-order valence-corrected chi connectivity index (χ1v) is 7.35. The van der Waals surface area contributed by atoms with Gasteiger partial charge in [-0.3, -0.25) is 9.69 Å². The minimum Gasteiger partial charge on any atom is -0.481 e. The van der Waals surface area contributed by atoms with Gasteiger partial charge in [0.05, 0.1) is 9.70 Å². The molecule has 17 heavy (non-hydrogen) atoms. The van der Waals surface area contributed by atoms with Gasteiger partial charge >= 0.3 is 5.97 Å². The Morgan fingerprint density at radius 3 is 2.82 bits per heavy atom. The Hall–Kier alpha value is -0.390. The molecule has 0 aliphatic carbocycles. The zero-order chi connectivity index (χ0) is 12.6. The number of hydrogen-bond donors (Lipinski definition) is 1. The fourth-order valence-electron chi connectivity index (χ4n) is 2.56. The quantitative estimate of drug-likeness (QED) is 0.929.